The average Bonchev–Trinajstić information content (AvgIpc) is 2.96. The van der Waals surface area contributed by atoms with Crippen molar-refractivity contribution in [2.45, 2.75) is 19.8 Å². The van der Waals surface area contributed by atoms with Crippen LogP contribution in [0.25, 0.3) is 34.1 Å². The summed E-state index contributed by atoms with van der Waals surface area (Å²) >= 11 is 0. The third kappa shape index (κ3) is 2.89. The normalized spacial score (nSPS) is 12.0. The minimum Gasteiger partial charge on any atom is -0.460 e. The summed E-state index contributed by atoms with van der Waals surface area (Å²) in [6.07, 6.45) is 4.19. The van der Waals surface area contributed by atoms with Gasteiger partial charge in [-0.25, -0.2) is 4.79 Å². The number of hydrogen-bond donors (Lipinski definition) is 0. The van der Waals surface area contributed by atoms with Crippen molar-refractivity contribution in [1.82, 2.24) is 0 Å². The summed E-state index contributed by atoms with van der Waals surface area (Å²) in [6.45, 7) is 4.22. The quantitative estimate of drug-likeness (QED) is 0.444. The van der Waals surface area contributed by atoms with Gasteiger partial charge in [-0.1, -0.05) is 56.3 Å². The molecule has 0 aliphatic rings. The van der Waals surface area contributed by atoms with E-state index in [2.05, 4.69) is 38.1 Å². The van der Waals surface area contributed by atoms with Gasteiger partial charge in [0.1, 0.15) is 16.9 Å². The summed E-state index contributed by atoms with van der Waals surface area (Å²) in [5.74, 6) is 1.18. The SMILES string of the molecule is CC(C)c1oc2cc3oc(=O)ccc3cc2c1/C=C/c1ccccc1. The van der Waals surface area contributed by atoms with Crippen LogP contribution in [-0.2, 0) is 0 Å². The van der Waals surface area contributed by atoms with Crippen molar-refractivity contribution < 1.29 is 8.83 Å². The van der Waals surface area contributed by atoms with E-state index < -0.39 is 0 Å². The van der Waals surface area contributed by atoms with Crippen LogP contribution >= 0.6 is 0 Å². The molecule has 25 heavy (non-hydrogen) atoms. The van der Waals surface area contributed by atoms with Crippen molar-refractivity contribution in [3.8, 4) is 0 Å². The molecule has 0 aliphatic carbocycles. The number of fused-ring (bicyclic) bond motifs is 2. The molecule has 0 aliphatic heterocycles. The Bertz CT molecular complexity index is 1130. The molecule has 0 radical (unpaired) electrons. The molecule has 3 heteroatoms. The highest BCUT2D eigenvalue weighted by Gasteiger charge is 2.16. The van der Waals surface area contributed by atoms with Gasteiger partial charge in [-0.2, -0.15) is 0 Å². The van der Waals surface area contributed by atoms with E-state index in [1.165, 1.54) is 6.07 Å². The van der Waals surface area contributed by atoms with Crippen LogP contribution in [0.5, 0.6) is 0 Å². The highest BCUT2D eigenvalue weighted by atomic mass is 16.4. The molecule has 3 nitrogen and oxygen atoms in total. The maximum Gasteiger partial charge on any atom is 0.336 e. The summed E-state index contributed by atoms with van der Waals surface area (Å²) in [5.41, 5.74) is 3.13. The summed E-state index contributed by atoms with van der Waals surface area (Å²) in [4.78, 5) is 11.5. The third-order valence-corrected chi connectivity index (χ3v) is 4.26. The Kier molecular flexibility index (Phi) is 3.77. The van der Waals surface area contributed by atoms with Gasteiger partial charge in [0.25, 0.3) is 0 Å². The van der Waals surface area contributed by atoms with E-state index >= 15 is 0 Å². The molecule has 4 aromatic rings. The second-order valence-corrected chi connectivity index (χ2v) is 6.42. The Morgan fingerprint density at radius 2 is 1.68 bits per heavy atom. The fourth-order valence-corrected chi connectivity index (χ4v) is 3.04. The fourth-order valence-electron chi connectivity index (χ4n) is 3.04. The van der Waals surface area contributed by atoms with Gasteiger partial charge >= 0.3 is 5.63 Å². The molecule has 2 heterocycles. The Labute approximate surface area is 145 Å². The maximum absolute atomic E-state index is 11.5. The molecule has 124 valence electrons. The molecule has 0 N–H and O–H groups in total. The Hall–Kier alpha value is -3.07. The molecule has 0 saturated carbocycles. The van der Waals surface area contributed by atoms with Crippen molar-refractivity contribution in [3.05, 3.63) is 81.9 Å². The summed E-state index contributed by atoms with van der Waals surface area (Å²) in [6, 6.07) is 17.2. The lowest BCUT2D eigenvalue weighted by Crippen LogP contribution is -1.93. The van der Waals surface area contributed by atoms with Gasteiger partial charge in [-0.15, -0.1) is 0 Å². The zero-order valence-corrected chi connectivity index (χ0v) is 14.2. The zero-order chi connectivity index (χ0) is 17.4. The first-order chi connectivity index (χ1) is 12.1. The van der Waals surface area contributed by atoms with Gasteiger partial charge in [0, 0.05) is 34.4 Å². The largest absolute Gasteiger partial charge is 0.460 e. The second kappa shape index (κ2) is 6.10. The molecule has 0 amide bonds. The Morgan fingerprint density at radius 3 is 2.44 bits per heavy atom. The first kappa shape index (κ1) is 15.5. The molecular weight excluding hydrogens is 312 g/mol. The van der Waals surface area contributed by atoms with Gasteiger partial charge in [-0.05, 0) is 17.7 Å². The molecule has 0 atom stereocenters. The van der Waals surface area contributed by atoms with Crippen LogP contribution in [0.15, 0.2) is 68.2 Å². The predicted molar refractivity (Wildman–Crippen MR) is 102 cm³/mol. The van der Waals surface area contributed by atoms with E-state index in [-0.39, 0.29) is 11.5 Å². The number of furan rings is 1. The minimum atomic E-state index is -0.355. The van der Waals surface area contributed by atoms with Crippen molar-refractivity contribution in [2.24, 2.45) is 0 Å². The average molecular weight is 330 g/mol. The lowest BCUT2D eigenvalue weighted by Gasteiger charge is -2.02. The van der Waals surface area contributed by atoms with Gasteiger partial charge in [-0.3, -0.25) is 0 Å². The van der Waals surface area contributed by atoms with Gasteiger partial charge in [0.05, 0.1) is 0 Å². The van der Waals surface area contributed by atoms with Crippen LogP contribution in [0.4, 0.5) is 0 Å². The first-order valence-corrected chi connectivity index (χ1v) is 8.35. The van der Waals surface area contributed by atoms with Crippen LogP contribution in [0, 0.1) is 0 Å². The van der Waals surface area contributed by atoms with Crippen LogP contribution < -0.4 is 5.63 Å². The predicted octanol–water partition coefficient (Wildman–Crippen LogP) is 5.83. The maximum atomic E-state index is 11.5. The molecule has 4 rings (SSSR count). The second-order valence-electron chi connectivity index (χ2n) is 6.42. The van der Waals surface area contributed by atoms with E-state index in [1.807, 2.05) is 24.3 Å². The monoisotopic (exact) mass is 330 g/mol. The fraction of sp³-hybridized carbons (Fsp3) is 0.136. The van der Waals surface area contributed by atoms with Crippen molar-refractivity contribution >= 4 is 34.1 Å². The number of rotatable bonds is 3. The lowest BCUT2D eigenvalue weighted by molar-refractivity contribution is 0.518. The molecule has 0 saturated heterocycles. The van der Waals surface area contributed by atoms with Crippen LogP contribution in [0.1, 0.15) is 36.7 Å². The molecule has 2 aromatic carbocycles. The summed E-state index contributed by atoms with van der Waals surface area (Å²) < 4.78 is 11.4. The highest BCUT2D eigenvalue weighted by Crippen LogP contribution is 2.34. The summed E-state index contributed by atoms with van der Waals surface area (Å²) in [7, 11) is 0. The zero-order valence-electron chi connectivity index (χ0n) is 14.2. The molecule has 2 aromatic heterocycles. The highest BCUT2D eigenvalue weighted by molar-refractivity contribution is 5.99. The molecule has 0 fully saturated rings. The van der Waals surface area contributed by atoms with Crippen LogP contribution in [0.2, 0.25) is 0 Å². The molecular formula is C22H18O3. The van der Waals surface area contributed by atoms with Gasteiger partial charge in [0.2, 0.25) is 0 Å². The third-order valence-electron chi connectivity index (χ3n) is 4.26. The van der Waals surface area contributed by atoms with E-state index in [0.29, 0.717) is 5.58 Å². The summed E-state index contributed by atoms with van der Waals surface area (Å²) in [5, 5.41) is 1.91. The number of benzene rings is 2. The van der Waals surface area contributed by atoms with Gasteiger partial charge < -0.3 is 8.83 Å². The van der Waals surface area contributed by atoms with Crippen molar-refractivity contribution in [1.29, 1.82) is 0 Å². The minimum absolute atomic E-state index is 0.248. The smallest absolute Gasteiger partial charge is 0.336 e. The van der Waals surface area contributed by atoms with Crippen LogP contribution in [-0.4, -0.2) is 0 Å². The topological polar surface area (TPSA) is 43.4 Å². The van der Waals surface area contributed by atoms with Crippen molar-refractivity contribution in [2.75, 3.05) is 0 Å². The van der Waals surface area contributed by atoms with Crippen molar-refractivity contribution in [3.63, 3.8) is 0 Å². The standard InChI is InChI=1S/C22H18O3/c1-14(2)22-17(10-8-15-6-4-3-5-7-15)18-12-16-9-11-21(23)24-19(16)13-20(18)25-22/h3-14H,1-2H3/b10-8+. The Morgan fingerprint density at radius 1 is 0.880 bits per heavy atom. The van der Waals surface area contributed by atoms with E-state index in [4.69, 9.17) is 8.83 Å². The number of hydrogen-bond acceptors (Lipinski definition) is 3. The molecule has 0 unspecified atom stereocenters. The van der Waals surface area contributed by atoms with E-state index in [9.17, 15) is 4.79 Å². The Balaban J connectivity index is 1.94. The lowest BCUT2D eigenvalue weighted by atomic mass is 10.0. The first-order valence-electron chi connectivity index (χ1n) is 8.35. The molecule has 0 bridgehead atoms. The van der Waals surface area contributed by atoms with E-state index in [1.54, 1.807) is 12.1 Å². The van der Waals surface area contributed by atoms with Crippen LogP contribution in [0.3, 0.4) is 0 Å². The van der Waals surface area contributed by atoms with Gasteiger partial charge in [0.15, 0.2) is 0 Å². The van der Waals surface area contributed by atoms with E-state index in [0.717, 1.165) is 33.2 Å². The molecule has 0 spiro atoms.